The Labute approximate surface area is 199 Å². The van der Waals surface area contributed by atoms with E-state index in [9.17, 15) is 10.2 Å². The van der Waals surface area contributed by atoms with Crippen molar-refractivity contribution >= 4 is 17.4 Å². The molecule has 0 amide bonds. The predicted octanol–water partition coefficient (Wildman–Crippen LogP) is 4.64. The highest BCUT2D eigenvalue weighted by Crippen LogP contribution is 2.34. The lowest BCUT2D eigenvalue weighted by molar-refractivity contribution is 0.281. The highest BCUT2D eigenvalue weighted by Gasteiger charge is 2.16. The second-order valence-electron chi connectivity index (χ2n) is 7.72. The molecule has 0 aliphatic carbocycles. The molecule has 1 heterocycles. The zero-order valence-corrected chi connectivity index (χ0v) is 19.1. The first-order valence-electron chi connectivity index (χ1n) is 11.2. The Bertz CT molecular complexity index is 1160. The Hall–Kier alpha value is -3.94. The lowest BCUT2D eigenvalue weighted by Gasteiger charge is -2.23. The number of nitrogens with one attached hydrogen (secondary N) is 1. The van der Waals surface area contributed by atoms with E-state index in [0.29, 0.717) is 24.9 Å². The van der Waals surface area contributed by atoms with E-state index in [1.165, 1.54) is 0 Å². The van der Waals surface area contributed by atoms with E-state index in [0.717, 1.165) is 33.8 Å². The zero-order chi connectivity index (χ0) is 23.8. The topological polar surface area (TPSA) is 94.1 Å². The molecule has 0 saturated heterocycles. The van der Waals surface area contributed by atoms with Crippen molar-refractivity contribution in [1.29, 1.82) is 0 Å². The smallest absolute Gasteiger partial charge is 0.316 e. The Morgan fingerprint density at radius 2 is 1.53 bits per heavy atom. The first-order valence-corrected chi connectivity index (χ1v) is 11.2. The minimum Gasteiger partial charge on any atom is -0.422 e. The summed E-state index contributed by atoms with van der Waals surface area (Å²) in [6.07, 6.45) is 0. The van der Waals surface area contributed by atoms with Crippen molar-refractivity contribution in [2.75, 3.05) is 36.6 Å². The molecule has 34 heavy (non-hydrogen) atoms. The molecule has 3 aromatic carbocycles. The number of hydrogen-bond acceptors (Lipinski definition) is 7. The molecule has 0 saturated carbocycles. The maximum atomic E-state index is 9.33. The summed E-state index contributed by atoms with van der Waals surface area (Å²) in [7, 11) is 0. The van der Waals surface area contributed by atoms with Crippen molar-refractivity contribution < 1.29 is 14.6 Å². The average molecular weight is 457 g/mol. The predicted molar refractivity (Wildman–Crippen MR) is 136 cm³/mol. The molecular formula is C27H28N4O3. The van der Waals surface area contributed by atoms with E-state index >= 15 is 0 Å². The molecule has 0 bridgehead atoms. The summed E-state index contributed by atoms with van der Waals surface area (Å²) in [6.45, 7) is 2.80. The van der Waals surface area contributed by atoms with Crippen molar-refractivity contribution in [2.24, 2.45) is 5.10 Å². The SMILES string of the molecule is C/C(=N\Nc1nc(-c2ccccc2)c(-c2ccccc2)o1)c1cccc(N(CCO)CCO)c1. The summed E-state index contributed by atoms with van der Waals surface area (Å²) in [6, 6.07) is 27.9. The number of aliphatic hydroxyl groups excluding tert-OH is 2. The van der Waals surface area contributed by atoms with Crippen LogP contribution in [-0.4, -0.2) is 47.2 Å². The molecule has 0 radical (unpaired) electrons. The van der Waals surface area contributed by atoms with Crippen LogP contribution in [0.1, 0.15) is 12.5 Å². The normalized spacial score (nSPS) is 11.4. The van der Waals surface area contributed by atoms with Crippen molar-refractivity contribution in [3.8, 4) is 22.6 Å². The second-order valence-corrected chi connectivity index (χ2v) is 7.72. The van der Waals surface area contributed by atoms with E-state index in [4.69, 9.17) is 4.42 Å². The number of aromatic nitrogens is 1. The Morgan fingerprint density at radius 3 is 2.18 bits per heavy atom. The Balaban J connectivity index is 1.60. The van der Waals surface area contributed by atoms with Crippen molar-refractivity contribution in [3.63, 3.8) is 0 Å². The van der Waals surface area contributed by atoms with E-state index < -0.39 is 0 Å². The van der Waals surface area contributed by atoms with Crippen LogP contribution < -0.4 is 10.3 Å². The first kappa shape index (κ1) is 23.2. The van der Waals surface area contributed by atoms with Crippen LogP contribution in [0.2, 0.25) is 0 Å². The molecule has 4 aromatic rings. The van der Waals surface area contributed by atoms with Crippen molar-refractivity contribution in [1.82, 2.24) is 4.98 Å². The number of anilines is 2. The average Bonchev–Trinajstić information content (AvgIpc) is 3.33. The van der Waals surface area contributed by atoms with Crippen molar-refractivity contribution in [2.45, 2.75) is 6.92 Å². The van der Waals surface area contributed by atoms with Gasteiger partial charge in [0.2, 0.25) is 0 Å². The van der Waals surface area contributed by atoms with E-state index in [-0.39, 0.29) is 13.2 Å². The molecule has 3 N–H and O–H groups in total. The third kappa shape index (κ3) is 5.51. The molecule has 174 valence electrons. The fourth-order valence-corrected chi connectivity index (χ4v) is 3.68. The summed E-state index contributed by atoms with van der Waals surface area (Å²) >= 11 is 0. The summed E-state index contributed by atoms with van der Waals surface area (Å²) in [4.78, 5) is 6.60. The number of nitrogens with zero attached hydrogens (tertiary/aromatic N) is 3. The van der Waals surface area contributed by atoms with Crippen LogP contribution in [0.3, 0.4) is 0 Å². The first-order chi connectivity index (χ1) is 16.7. The highest BCUT2D eigenvalue weighted by molar-refractivity contribution is 5.99. The van der Waals surface area contributed by atoms with Gasteiger partial charge in [-0.15, -0.1) is 0 Å². The van der Waals surface area contributed by atoms with Crippen molar-refractivity contribution in [3.05, 3.63) is 90.5 Å². The summed E-state index contributed by atoms with van der Waals surface area (Å²) in [5.74, 6) is 0.674. The van der Waals surface area contributed by atoms with Crippen LogP contribution in [-0.2, 0) is 0 Å². The van der Waals surface area contributed by atoms with E-state index in [1.807, 2.05) is 96.8 Å². The maximum absolute atomic E-state index is 9.33. The van der Waals surface area contributed by atoms with E-state index in [2.05, 4.69) is 15.5 Å². The standard InChI is InChI=1S/C27H28N4O3/c1-20(23-13-8-14-24(19-23)31(15-17-32)16-18-33)29-30-27-28-25(21-9-4-2-5-10-21)26(34-27)22-11-6-3-7-12-22/h2-14,19,32-33H,15-18H2,1H3,(H,28,30)/b29-20+. The molecule has 0 spiro atoms. The maximum Gasteiger partial charge on any atom is 0.316 e. The minimum atomic E-state index is 0.0104. The van der Waals surface area contributed by atoms with Crippen LogP contribution in [0.25, 0.3) is 22.6 Å². The fourth-order valence-electron chi connectivity index (χ4n) is 3.68. The number of rotatable bonds is 10. The number of aliphatic hydroxyl groups is 2. The van der Waals surface area contributed by atoms with E-state index in [1.54, 1.807) is 0 Å². The van der Waals surface area contributed by atoms with Gasteiger partial charge >= 0.3 is 6.01 Å². The summed E-state index contributed by atoms with van der Waals surface area (Å²) in [5, 5.41) is 23.1. The minimum absolute atomic E-state index is 0.0104. The lowest BCUT2D eigenvalue weighted by atomic mass is 10.1. The van der Waals surface area contributed by atoms with Gasteiger partial charge in [0.15, 0.2) is 5.76 Å². The van der Waals surface area contributed by atoms with Gasteiger partial charge in [-0.25, -0.2) is 5.43 Å². The van der Waals surface area contributed by atoms with Crippen LogP contribution >= 0.6 is 0 Å². The zero-order valence-electron chi connectivity index (χ0n) is 19.1. The molecule has 4 rings (SSSR count). The van der Waals surface area contributed by atoms with Gasteiger partial charge in [-0.2, -0.15) is 10.1 Å². The van der Waals surface area contributed by atoms with Gasteiger partial charge in [0.05, 0.1) is 18.9 Å². The Morgan fingerprint density at radius 1 is 0.882 bits per heavy atom. The quantitative estimate of drug-likeness (QED) is 0.238. The monoisotopic (exact) mass is 456 g/mol. The lowest BCUT2D eigenvalue weighted by Crippen LogP contribution is -2.29. The van der Waals surface area contributed by atoms with Gasteiger partial charge in [0.25, 0.3) is 0 Å². The van der Waals surface area contributed by atoms with Crippen LogP contribution in [0, 0.1) is 0 Å². The van der Waals surface area contributed by atoms with Gasteiger partial charge in [0, 0.05) is 29.9 Å². The van der Waals surface area contributed by atoms with Gasteiger partial charge in [-0.3, -0.25) is 0 Å². The van der Waals surface area contributed by atoms with Gasteiger partial charge < -0.3 is 19.5 Å². The number of benzene rings is 3. The third-order valence-electron chi connectivity index (χ3n) is 5.40. The molecule has 0 fully saturated rings. The molecule has 7 nitrogen and oxygen atoms in total. The highest BCUT2D eigenvalue weighted by atomic mass is 16.4. The summed E-state index contributed by atoms with van der Waals surface area (Å²) in [5.41, 5.74) is 8.15. The Kier molecular flexibility index (Phi) is 7.70. The summed E-state index contributed by atoms with van der Waals surface area (Å²) < 4.78 is 6.07. The van der Waals surface area contributed by atoms with Gasteiger partial charge in [-0.1, -0.05) is 72.8 Å². The molecule has 0 unspecified atom stereocenters. The molecule has 1 aromatic heterocycles. The largest absolute Gasteiger partial charge is 0.422 e. The molecule has 0 aliphatic heterocycles. The molecular weight excluding hydrogens is 428 g/mol. The van der Waals surface area contributed by atoms with Crippen LogP contribution in [0.5, 0.6) is 0 Å². The third-order valence-corrected chi connectivity index (χ3v) is 5.40. The number of hydrogen-bond donors (Lipinski definition) is 3. The van der Waals surface area contributed by atoms with Gasteiger partial charge in [-0.05, 0) is 24.6 Å². The fraction of sp³-hybridized carbons (Fsp3) is 0.185. The molecule has 0 atom stereocenters. The van der Waals surface area contributed by atoms with Crippen LogP contribution in [0.15, 0.2) is 94.4 Å². The number of oxazole rings is 1. The van der Waals surface area contributed by atoms with Crippen LogP contribution in [0.4, 0.5) is 11.7 Å². The molecule has 7 heteroatoms. The van der Waals surface area contributed by atoms with Gasteiger partial charge in [0.1, 0.15) is 5.69 Å². The molecule has 0 aliphatic rings. The number of hydrazone groups is 1. The second kappa shape index (κ2) is 11.3.